The van der Waals surface area contributed by atoms with Gasteiger partial charge in [0.2, 0.25) is 0 Å². The quantitative estimate of drug-likeness (QED) is 0.734. The zero-order valence-corrected chi connectivity index (χ0v) is 9.04. The van der Waals surface area contributed by atoms with Gasteiger partial charge in [0, 0.05) is 13.1 Å². The molecule has 1 aromatic carbocycles. The molecule has 17 heavy (non-hydrogen) atoms. The van der Waals surface area contributed by atoms with Crippen LogP contribution in [-0.4, -0.2) is 29.0 Å². The highest BCUT2D eigenvalue weighted by molar-refractivity contribution is 5.22. The molecule has 0 aromatic heterocycles. The van der Waals surface area contributed by atoms with Crippen molar-refractivity contribution >= 4 is 0 Å². The average Bonchev–Trinajstić information content (AvgIpc) is 2.28. The fourth-order valence-electron chi connectivity index (χ4n) is 1.31. The molecule has 6 heteroatoms. The van der Waals surface area contributed by atoms with E-state index >= 15 is 0 Å². The molecular weight excluding hydrogens is 235 g/mol. The highest BCUT2D eigenvalue weighted by Gasteiger charge is 2.37. The maximum absolute atomic E-state index is 12.0. The number of rotatable bonds is 5. The van der Waals surface area contributed by atoms with Gasteiger partial charge in [0.1, 0.15) is 0 Å². The summed E-state index contributed by atoms with van der Waals surface area (Å²) in [5, 5.41) is 20.1. The summed E-state index contributed by atoms with van der Waals surface area (Å²) >= 11 is 0. The Hall–Kier alpha value is -1.11. The molecule has 3 N–H and O–H groups in total. The van der Waals surface area contributed by atoms with E-state index in [0.717, 1.165) is 5.56 Å². The van der Waals surface area contributed by atoms with Crippen LogP contribution in [0.15, 0.2) is 24.3 Å². The zero-order chi connectivity index (χ0) is 12.9. The van der Waals surface area contributed by atoms with Crippen LogP contribution in [0.4, 0.5) is 13.2 Å². The first kappa shape index (κ1) is 14.0. The van der Waals surface area contributed by atoms with Gasteiger partial charge in [-0.25, -0.2) is 0 Å². The summed E-state index contributed by atoms with van der Waals surface area (Å²) in [6, 6.07) is 6.84. The molecule has 3 nitrogen and oxygen atoms in total. The van der Waals surface area contributed by atoms with Crippen LogP contribution >= 0.6 is 0 Å². The normalized spacial score (nSPS) is 13.7. The predicted molar refractivity (Wildman–Crippen MR) is 56.1 cm³/mol. The van der Waals surface area contributed by atoms with Crippen LogP contribution in [-0.2, 0) is 13.2 Å². The van der Waals surface area contributed by atoms with Crippen molar-refractivity contribution in [3.8, 4) is 0 Å². The van der Waals surface area contributed by atoms with E-state index in [1.54, 1.807) is 24.3 Å². The van der Waals surface area contributed by atoms with Crippen LogP contribution in [0.5, 0.6) is 0 Å². The molecule has 0 aliphatic carbocycles. The molecule has 0 amide bonds. The molecular formula is C11H14F3NO2. The van der Waals surface area contributed by atoms with Crippen molar-refractivity contribution in [2.45, 2.75) is 25.4 Å². The number of hydrogen-bond acceptors (Lipinski definition) is 3. The summed E-state index contributed by atoms with van der Waals surface area (Å²) in [5.41, 5.74) is 1.45. The van der Waals surface area contributed by atoms with E-state index in [-0.39, 0.29) is 13.2 Å². The Labute approximate surface area is 96.9 Å². The Morgan fingerprint density at radius 3 is 2.47 bits per heavy atom. The topological polar surface area (TPSA) is 52.5 Å². The first-order valence-corrected chi connectivity index (χ1v) is 5.07. The van der Waals surface area contributed by atoms with Crippen molar-refractivity contribution in [1.82, 2.24) is 5.32 Å². The number of nitrogens with one attached hydrogen (secondary N) is 1. The van der Waals surface area contributed by atoms with Gasteiger partial charge in [-0.05, 0) is 11.1 Å². The first-order chi connectivity index (χ1) is 7.93. The van der Waals surface area contributed by atoms with E-state index in [2.05, 4.69) is 5.32 Å². The smallest absolute Gasteiger partial charge is 0.392 e. The van der Waals surface area contributed by atoms with Gasteiger partial charge in [-0.1, -0.05) is 24.3 Å². The monoisotopic (exact) mass is 249 g/mol. The highest BCUT2D eigenvalue weighted by atomic mass is 19.4. The van der Waals surface area contributed by atoms with Crippen LogP contribution in [0.1, 0.15) is 11.1 Å². The molecule has 1 atom stereocenters. The maximum Gasteiger partial charge on any atom is 0.415 e. The summed E-state index contributed by atoms with van der Waals surface area (Å²) in [5.74, 6) is 0. The molecule has 0 radical (unpaired) electrons. The zero-order valence-electron chi connectivity index (χ0n) is 9.04. The minimum absolute atomic E-state index is 0.112. The van der Waals surface area contributed by atoms with Crippen molar-refractivity contribution in [3.63, 3.8) is 0 Å². The van der Waals surface area contributed by atoms with Crippen molar-refractivity contribution in [2.75, 3.05) is 6.54 Å². The van der Waals surface area contributed by atoms with E-state index in [9.17, 15) is 13.2 Å². The SMILES string of the molecule is OCc1cccc(CNCC(O)C(F)(F)F)c1. The Morgan fingerprint density at radius 2 is 1.88 bits per heavy atom. The fraction of sp³-hybridized carbons (Fsp3) is 0.455. The van der Waals surface area contributed by atoms with Crippen molar-refractivity contribution in [3.05, 3.63) is 35.4 Å². The molecule has 0 aliphatic heterocycles. The van der Waals surface area contributed by atoms with Gasteiger partial charge >= 0.3 is 6.18 Å². The maximum atomic E-state index is 12.0. The largest absolute Gasteiger partial charge is 0.415 e. The lowest BCUT2D eigenvalue weighted by Crippen LogP contribution is -2.38. The van der Waals surface area contributed by atoms with Crippen molar-refractivity contribution < 1.29 is 23.4 Å². The van der Waals surface area contributed by atoms with Gasteiger partial charge < -0.3 is 15.5 Å². The predicted octanol–water partition coefficient (Wildman–Crippen LogP) is 1.19. The molecule has 0 heterocycles. The van der Waals surface area contributed by atoms with Gasteiger partial charge in [0.15, 0.2) is 6.10 Å². The Kier molecular flexibility index (Phi) is 4.92. The lowest BCUT2D eigenvalue weighted by molar-refractivity contribution is -0.201. The molecule has 0 spiro atoms. The van der Waals surface area contributed by atoms with Crippen molar-refractivity contribution in [2.24, 2.45) is 0 Å². The molecule has 0 fully saturated rings. The molecule has 0 saturated heterocycles. The lowest BCUT2D eigenvalue weighted by Gasteiger charge is -2.15. The number of aliphatic hydroxyl groups is 2. The molecule has 0 aliphatic rings. The Bertz CT molecular complexity index is 355. The number of hydrogen-bond donors (Lipinski definition) is 3. The van der Waals surface area contributed by atoms with Gasteiger partial charge in [0.25, 0.3) is 0 Å². The summed E-state index contributed by atoms with van der Waals surface area (Å²) in [7, 11) is 0. The number of alkyl halides is 3. The van der Waals surface area contributed by atoms with Gasteiger partial charge in [-0.2, -0.15) is 13.2 Å². The van der Waals surface area contributed by atoms with E-state index in [0.29, 0.717) is 5.56 Å². The number of halogens is 3. The number of benzene rings is 1. The summed E-state index contributed by atoms with van der Waals surface area (Å²) in [6.45, 7) is -0.452. The van der Waals surface area contributed by atoms with Crippen LogP contribution in [0.2, 0.25) is 0 Å². The van der Waals surface area contributed by atoms with E-state index in [4.69, 9.17) is 10.2 Å². The van der Waals surface area contributed by atoms with Crippen LogP contribution in [0, 0.1) is 0 Å². The van der Waals surface area contributed by atoms with Crippen LogP contribution in [0.3, 0.4) is 0 Å². The minimum Gasteiger partial charge on any atom is -0.392 e. The van der Waals surface area contributed by atoms with E-state index in [1.807, 2.05) is 0 Å². The third-order valence-electron chi connectivity index (χ3n) is 2.22. The van der Waals surface area contributed by atoms with Crippen LogP contribution in [0.25, 0.3) is 0 Å². The third-order valence-corrected chi connectivity index (χ3v) is 2.22. The highest BCUT2D eigenvalue weighted by Crippen LogP contribution is 2.19. The van der Waals surface area contributed by atoms with E-state index in [1.165, 1.54) is 0 Å². The Morgan fingerprint density at radius 1 is 1.24 bits per heavy atom. The second-order valence-corrected chi connectivity index (χ2v) is 3.67. The van der Waals surface area contributed by atoms with Gasteiger partial charge in [-0.3, -0.25) is 0 Å². The lowest BCUT2D eigenvalue weighted by atomic mass is 10.1. The average molecular weight is 249 g/mol. The van der Waals surface area contributed by atoms with E-state index < -0.39 is 18.8 Å². The van der Waals surface area contributed by atoms with Crippen molar-refractivity contribution in [1.29, 1.82) is 0 Å². The molecule has 1 aromatic rings. The second kappa shape index (κ2) is 6.00. The third kappa shape index (κ3) is 4.72. The summed E-state index contributed by atoms with van der Waals surface area (Å²) in [6.07, 6.45) is -6.96. The van der Waals surface area contributed by atoms with Crippen LogP contribution < -0.4 is 5.32 Å². The molecule has 0 saturated carbocycles. The molecule has 0 bridgehead atoms. The summed E-state index contributed by atoms with van der Waals surface area (Å²) in [4.78, 5) is 0. The molecule has 1 rings (SSSR count). The van der Waals surface area contributed by atoms with Gasteiger partial charge in [0.05, 0.1) is 6.61 Å². The standard InChI is InChI=1S/C11H14F3NO2/c12-11(13,14)10(17)6-15-5-8-2-1-3-9(4-8)7-16/h1-4,10,15-17H,5-7H2. The second-order valence-electron chi connectivity index (χ2n) is 3.67. The summed E-state index contributed by atoms with van der Waals surface area (Å²) < 4.78 is 35.9. The molecule has 1 unspecified atom stereocenters. The van der Waals surface area contributed by atoms with Gasteiger partial charge in [-0.15, -0.1) is 0 Å². The Balaban J connectivity index is 2.40. The number of aliphatic hydroxyl groups excluding tert-OH is 2. The molecule has 96 valence electrons. The minimum atomic E-state index is -4.60. The fourth-order valence-corrected chi connectivity index (χ4v) is 1.31. The first-order valence-electron chi connectivity index (χ1n) is 5.07.